The Morgan fingerprint density at radius 3 is 2.82 bits per heavy atom. The summed E-state index contributed by atoms with van der Waals surface area (Å²) < 4.78 is 0. The first-order chi connectivity index (χ1) is 8.08. The van der Waals surface area contributed by atoms with Gasteiger partial charge in [0.1, 0.15) is 10.2 Å². The number of hydrogen-bond donors (Lipinski definition) is 1. The zero-order chi connectivity index (χ0) is 12.3. The SMILES string of the molecule is CC(C)(NCc1ccnc(Cl)c1)c1nccs1. The van der Waals surface area contributed by atoms with Crippen molar-refractivity contribution in [3.8, 4) is 0 Å². The molecule has 0 aliphatic rings. The summed E-state index contributed by atoms with van der Waals surface area (Å²) in [4.78, 5) is 8.30. The Bertz CT molecular complexity index is 482. The van der Waals surface area contributed by atoms with Crippen LogP contribution in [0.5, 0.6) is 0 Å². The second kappa shape index (κ2) is 5.12. The molecule has 0 atom stereocenters. The van der Waals surface area contributed by atoms with Crippen LogP contribution in [0.15, 0.2) is 29.9 Å². The third kappa shape index (κ3) is 3.25. The minimum Gasteiger partial charge on any atom is -0.302 e. The van der Waals surface area contributed by atoms with Gasteiger partial charge < -0.3 is 5.32 Å². The van der Waals surface area contributed by atoms with Crippen LogP contribution in [0, 0.1) is 0 Å². The van der Waals surface area contributed by atoms with E-state index in [1.807, 2.05) is 23.7 Å². The van der Waals surface area contributed by atoms with E-state index in [4.69, 9.17) is 11.6 Å². The smallest absolute Gasteiger partial charge is 0.129 e. The first-order valence-corrected chi connectivity index (χ1v) is 6.59. The van der Waals surface area contributed by atoms with Crippen molar-refractivity contribution < 1.29 is 0 Å². The fourth-order valence-electron chi connectivity index (χ4n) is 1.48. The second-order valence-electron chi connectivity index (χ2n) is 4.30. The van der Waals surface area contributed by atoms with E-state index < -0.39 is 0 Å². The summed E-state index contributed by atoms with van der Waals surface area (Å²) >= 11 is 7.50. The van der Waals surface area contributed by atoms with Gasteiger partial charge in [0.05, 0.1) is 5.54 Å². The molecule has 1 N–H and O–H groups in total. The minimum atomic E-state index is -0.135. The molecule has 5 heteroatoms. The highest BCUT2D eigenvalue weighted by Gasteiger charge is 2.22. The number of thiazole rings is 1. The lowest BCUT2D eigenvalue weighted by molar-refractivity contribution is 0.399. The number of pyridine rings is 1. The summed E-state index contributed by atoms with van der Waals surface area (Å²) in [5.41, 5.74) is 0.985. The molecule has 0 radical (unpaired) electrons. The predicted molar refractivity (Wildman–Crippen MR) is 71.2 cm³/mol. The molecule has 0 bridgehead atoms. The summed E-state index contributed by atoms with van der Waals surface area (Å²) in [5, 5.41) is 7.06. The van der Waals surface area contributed by atoms with Crippen molar-refractivity contribution in [3.63, 3.8) is 0 Å². The quantitative estimate of drug-likeness (QED) is 0.865. The first kappa shape index (κ1) is 12.5. The molecule has 0 unspecified atom stereocenters. The van der Waals surface area contributed by atoms with E-state index in [2.05, 4.69) is 29.1 Å². The standard InChI is InChI=1S/C12H14ClN3S/c1-12(2,11-15-5-6-17-11)16-8-9-3-4-14-10(13)7-9/h3-7,16H,8H2,1-2H3. The van der Waals surface area contributed by atoms with Crippen molar-refractivity contribution >= 4 is 22.9 Å². The average Bonchev–Trinajstić information content (AvgIpc) is 2.81. The maximum atomic E-state index is 5.85. The highest BCUT2D eigenvalue weighted by Crippen LogP contribution is 2.22. The van der Waals surface area contributed by atoms with Crippen molar-refractivity contribution in [1.29, 1.82) is 0 Å². The second-order valence-corrected chi connectivity index (χ2v) is 5.58. The van der Waals surface area contributed by atoms with Gasteiger partial charge in [-0.25, -0.2) is 9.97 Å². The molecular formula is C12H14ClN3S. The van der Waals surface area contributed by atoms with Gasteiger partial charge in [0.2, 0.25) is 0 Å². The van der Waals surface area contributed by atoms with Crippen LogP contribution in [0.3, 0.4) is 0 Å². The van der Waals surface area contributed by atoms with Gasteiger partial charge in [-0.15, -0.1) is 11.3 Å². The Morgan fingerprint density at radius 1 is 1.35 bits per heavy atom. The summed E-state index contributed by atoms with van der Waals surface area (Å²) in [6.07, 6.45) is 3.54. The van der Waals surface area contributed by atoms with Crippen LogP contribution < -0.4 is 5.32 Å². The van der Waals surface area contributed by atoms with Gasteiger partial charge in [0, 0.05) is 24.3 Å². The van der Waals surface area contributed by atoms with E-state index in [-0.39, 0.29) is 5.54 Å². The molecule has 0 aliphatic carbocycles. The van der Waals surface area contributed by atoms with Crippen molar-refractivity contribution in [2.24, 2.45) is 0 Å². The van der Waals surface area contributed by atoms with Crippen LogP contribution in [0.2, 0.25) is 5.15 Å². The van der Waals surface area contributed by atoms with Crippen LogP contribution in [0.4, 0.5) is 0 Å². The number of halogens is 1. The Kier molecular flexibility index (Phi) is 3.76. The molecule has 2 rings (SSSR count). The van der Waals surface area contributed by atoms with Gasteiger partial charge in [-0.1, -0.05) is 11.6 Å². The van der Waals surface area contributed by atoms with E-state index in [9.17, 15) is 0 Å². The highest BCUT2D eigenvalue weighted by molar-refractivity contribution is 7.09. The normalized spacial score (nSPS) is 11.7. The molecule has 2 heterocycles. The Hall–Kier alpha value is -0.970. The van der Waals surface area contributed by atoms with Crippen LogP contribution in [-0.2, 0) is 12.1 Å². The molecule has 2 aromatic rings. The number of rotatable bonds is 4. The van der Waals surface area contributed by atoms with E-state index in [0.29, 0.717) is 5.15 Å². The lowest BCUT2D eigenvalue weighted by Gasteiger charge is -2.23. The molecule has 3 nitrogen and oxygen atoms in total. The molecule has 0 aliphatic heterocycles. The number of nitrogens with one attached hydrogen (secondary N) is 1. The Balaban J connectivity index is 2.03. The Morgan fingerprint density at radius 2 is 2.18 bits per heavy atom. The van der Waals surface area contributed by atoms with Crippen molar-refractivity contribution in [1.82, 2.24) is 15.3 Å². The molecule has 17 heavy (non-hydrogen) atoms. The number of aromatic nitrogens is 2. The summed E-state index contributed by atoms with van der Waals surface area (Å²) in [5.74, 6) is 0. The van der Waals surface area contributed by atoms with Crippen molar-refractivity contribution in [3.05, 3.63) is 45.6 Å². The molecule has 0 saturated carbocycles. The molecule has 0 spiro atoms. The monoisotopic (exact) mass is 267 g/mol. The maximum absolute atomic E-state index is 5.85. The highest BCUT2D eigenvalue weighted by atomic mass is 35.5. The van der Waals surface area contributed by atoms with Crippen molar-refractivity contribution in [2.75, 3.05) is 0 Å². The molecule has 0 amide bonds. The summed E-state index contributed by atoms with van der Waals surface area (Å²) in [6.45, 7) is 4.98. The van der Waals surface area contributed by atoms with E-state index in [0.717, 1.165) is 17.1 Å². The third-order valence-electron chi connectivity index (χ3n) is 2.49. The topological polar surface area (TPSA) is 37.8 Å². The zero-order valence-electron chi connectivity index (χ0n) is 9.77. The van der Waals surface area contributed by atoms with E-state index in [1.54, 1.807) is 17.5 Å². The van der Waals surface area contributed by atoms with Crippen LogP contribution in [-0.4, -0.2) is 9.97 Å². The van der Waals surface area contributed by atoms with Gasteiger partial charge in [0.15, 0.2) is 0 Å². The van der Waals surface area contributed by atoms with Gasteiger partial charge in [0.25, 0.3) is 0 Å². The third-order valence-corrected chi connectivity index (χ3v) is 3.80. The molecule has 90 valence electrons. The lowest BCUT2D eigenvalue weighted by Crippen LogP contribution is -2.35. The molecular weight excluding hydrogens is 254 g/mol. The minimum absolute atomic E-state index is 0.135. The number of nitrogens with zero attached hydrogens (tertiary/aromatic N) is 2. The first-order valence-electron chi connectivity index (χ1n) is 5.33. The summed E-state index contributed by atoms with van der Waals surface area (Å²) in [7, 11) is 0. The lowest BCUT2D eigenvalue weighted by atomic mass is 10.1. The maximum Gasteiger partial charge on any atom is 0.129 e. The largest absolute Gasteiger partial charge is 0.302 e. The molecule has 0 aromatic carbocycles. The predicted octanol–water partition coefficient (Wildman–Crippen LogP) is 3.22. The molecule has 2 aromatic heterocycles. The zero-order valence-corrected chi connectivity index (χ0v) is 11.3. The van der Waals surface area contributed by atoms with E-state index >= 15 is 0 Å². The molecule has 0 fully saturated rings. The average molecular weight is 268 g/mol. The Labute approximate surface area is 110 Å². The van der Waals surface area contributed by atoms with Crippen molar-refractivity contribution in [2.45, 2.75) is 25.9 Å². The van der Waals surface area contributed by atoms with E-state index in [1.165, 1.54) is 0 Å². The van der Waals surface area contributed by atoms with Gasteiger partial charge in [-0.2, -0.15) is 0 Å². The van der Waals surface area contributed by atoms with Gasteiger partial charge in [-0.3, -0.25) is 0 Å². The van der Waals surface area contributed by atoms with Crippen LogP contribution in [0.1, 0.15) is 24.4 Å². The van der Waals surface area contributed by atoms with Crippen LogP contribution >= 0.6 is 22.9 Å². The fourth-order valence-corrected chi connectivity index (χ4v) is 2.42. The number of hydrogen-bond acceptors (Lipinski definition) is 4. The van der Waals surface area contributed by atoms with Crippen LogP contribution in [0.25, 0.3) is 0 Å². The fraction of sp³-hybridized carbons (Fsp3) is 0.333. The summed E-state index contributed by atoms with van der Waals surface area (Å²) in [6, 6.07) is 3.82. The molecule has 0 saturated heterocycles. The van der Waals surface area contributed by atoms with Gasteiger partial charge in [-0.05, 0) is 31.5 Å². The van der Waals surface area contributed by atoms with Gasteiger partial charge >= 0.3 is 0 Å².